The van der Waals surface area contributed by atoms with Gasteiger partial charge in [-0.15, -0.1) is 0 Å². The summed E-state index contributed by atoms with van der Waals surface area (Å²) in [5.41, 5.74) is 2.65. The fourth-order valence-corrected chi connectivity index (χ4v) is 3.99. The lowest BCUT2D eigenvalue weighted by atomic mass is 9.87. The minimum Gasteiger partial charge on any atom is -0.382 e. The summed E-state index contributed by atoms with van der Waals surface area (Å²) in [6.45, 7) is 4.53. The maximum Gasteiger partial charge on any atom is 0.0382 e. The van der Waals surface area contributed by atoms with Crippen molar-refractivity contribution in [2.75, 3.05) is 5.32 Å². The molecule has 0 saturated heterocycles. The van der Waals surface area contributed by atoms with Gasteiger partial charge in [0.2, 0.25) is 0 Å². The molecule has 96 valence electrons. The Labute approximate surface area is 123 Å². The average Bonchev–Trinajstić information content (AvgIpc) is 2.96. The molecule has 0 radical (unpaired) electrons. The molecule has 2 aliphatic carbocycles. The first-order valence-corrected chi connectivity index (χ1v) is 7.92. The molecule has 2 bridgehead atoms. The Morgan fingerprint density at radius 2 is 2.11 bits per heavy atom. The second-order valence-corrected chi connectivity index (χ2v) is 7.08. The first kappa shape index (κ1) is 12.5. The van der Waals surface area contributed by atoms with Gasteiger partial charge in [0.1, 0.15) is 0 Å². The second kappa shape index (κ2) is 4.87. The molecular weight excluding hydrogens is 333 g/mol. The van der Waals surface area contributed by atoms with Crippen molar-refractivity contribution in [3.63, 3.8) is 0 Å². The van der Waals surface area contributed by atoms with E-state index < -0.39 is 0 Å². The smallest absolute Gasteiger partial charge is 0.0382 e. The molecule has 3 rings (SSSR count). The van der Waals surface area contributed by atoms with Crippen LogP contribution in [0.15, 0.2) is 30.4 Å². The summed E-state index contributed by atoms with van der Waals surface area (Å²) in [5.74, 6) is 2.50. The zero-order valence-electron chi connectivity index (χ0n) is 11.0. The highest BCUT2D eigenvalue weighted by molar-refractivity contribution is 14.1. The zero-order chi connectivity index (χ0) is 12.7. The molecular formula is C16H20IN. The monoisotopic (exact) mass is 353 g/mol. The molecule has 0 heterocycles. The molecule has 1 nitrogen and oxygen atoms in total. The molecule has 0 amide bonds. The molecule has 4 unspecified atom stereocenters. The van der Waals surface area contributed by atoms with E-state index in [1.165, 1.54) is 27.7 Å². The van der Waals surface area contributed by atoms with Crippen LogP contribution < -0.4 is 5.32 Å². The van der Waals surface area contributed by atoms with Crippen molar-refractivity contribution in [1.29, 1.82) is 0 Å². The number of nitrogens with one attached hydrogen (secondary N) is 1. The minimum atomic E-state index is 0.571. The Bertz CT molecular complexity index is 480. The van der Waals surface area contributed by atoms with Crippen molar-refractivity contribution in [3.8, 4) is 0 Å². The quantitative estimate of drug-likeness (QED) is 0.618. The fourth-order valence-electron chi connectivity index (χ4n) is 3.50. The molecule has 0 aliphatic heterocycles. The van der Waals surface area contributed by atoms with Gasteiger partial charge in [-0.25, -0.2) is 0 Å². The van der Waals surface area contributed by atoms with E-state index >= 15 is 0 Å². The third kappa shape index (κ3) is 2.31. The molecule has 2 heteroatoms. The SMILES string of the molecule is Cc1ccc(I)cc1NC(C)C1CC2C=CC1C2. The molecule has 1 aromatic carbocycles. The highest BCUT2D eigenvalue weighted by Crippen LogP contribution is 2.45. The number of fused-ring (bicyclic) bond motifs is 2. The van der Waals surface area contributed by atoms with E-state index in [0.717, 1.165) is 17.8 Å². The van der Waals surface area contributed by atoms with Crippen LogP contribution in [0, 0.1) is 28.2 Å². The lowest BCUT2D eigenvalue weighted by molar-refractivity contribution is 0.400. The van der Waals surface area contributed by atoms with Crippen molar-refractivity contribution >= 4 is 28.3 Å². The van der Waals surface area contributed by atoms with E-state index in [4.69, 9.17) is 0 Å². The lowest BCUT2D eigenvalue weighted by Gasteiger charge is -2.27. The summed E-state index contributed by atoms with van der Waals surface area (Å²) in [4.78, 5) is 0. The Balaban J connectivity index is 1.72. The normalized spacial score (nSPS) is 30.7. The van der Waals surface area contributed by atoms with Gasteiger partial charge >= 0.3 is 0 Å². The van der Waals surface area contributed by atoms with E-state index in [-0.39, 0.29) is 0 Å². The number of benzene rings is 1. The van der Waals surface area contributed by atoms with Crippen LogP contribution in [0.25, 0.3) is 0 Å². The number of hydrogen-bond acceptors (Lipinski definition) is 1. The highest BCUT2D eigenvalue weighted by atomic mass is 127. The number of rotatable bonds is 3. The minimum absolute atomic E-state index is 0.571. The molecule has 1 N–H and O–H groups in total. The largest absolute Gasteiger partial charge is 0.382 e. The van der Waals surface area contributed by atoms with Crippen molar-refractivity contribution in [2.24, 2.45) is 17.8 Å². The van der Waals surface area contributed by atoms with Crippen LogP contribution in [-0.2, 0) is 0 Å². The summed E-state index contributed by atoms with van der Waals surface area (Å²) in [5, 5.41) is 3.74. The lowest BCUT2D eigenvalue weighted by Crippen LogP contribution is -2.29. The summed E-state index contributed by atoms with van der Waals surface area (Å²) >= 11 is 2.38. The summed E-state index contributed by atoms with van der Waals surface area (Å²) < 4.78 is 1.31. The fraction of sp³-hybridized carbons (Fsp3) is 0.500. The number of anilines is 1. The van der Waals surface area contributed by atoms with Crippen molar-refractivity contribution in [1.82, 2.24) is 0 Å². The average molecular weight is 353 g/mol. The van der Waals surface area contributed by atoms with Crippen molar-refractivity contribution in [3.05, 3.63) is 39.5 Å². The van der Waals surface area contributed by atoms with Crippen LogP contribution in [0.4, 0.5) is 5.69 Å². The molecule has 0 spiro atoms. The van der Waals surface area contributed by atoms with E-state index in [1.54, 1.807) is 0 Å². The molecule has 0 aromatic heterocycles. The van der Waals surface area contributed by atoms with Crippen LogP contribution in [0.5, 0.6) is 0 Å². The molecule has 18 heavy (non-hydrogen) atoms. The van der Waals surface area contributed by atoms with Gasteiger partial charge in [0.15, 0.2) is 0 Å². The van der Waals surface area contributed by atoms with Gasteiger partial charge in [-0.2, -0.15) is 0 Å². The van der Waals surface area contributed by atoms with Gasteiger partial charge < -0.3 is 5.32 Å². The van der Waals surface area contributed by atoms with Gasteiger partial charge in [0, 0.05) is 15.3 Å². The topological polar surface area (TPSA) is 12.0 Å². The maximum absolute atomic E-state index is 3.74. The predicted molar refractivity (Wildman–Crippen MR) is 85.8 cm³/mol. The Hall–Kier alpha value is -0.510. The standard InChI is InChI=1S/C16H20IN/c1-10-3-6-14(17)9-16(10)18-11(2)15-8-12-4-5-13(15)7-12/h3-6,9,11-13,15,18H,7-8H2,1-2H3. The maximum atomic E-state index is 3.74. The predicted octanol–water partition coefficient (Wildman–Crippen LogP) is 4.61. The first-order chi connectivity index (χ1) is 8.63. The van der Waals surface area contributed by atoms with Crippen molar-refractivity contribution in [2.45, 2.75) is 32.7 Å². The van der Waals surface area contributed by atoms with E-state index in [1.807, 2.05) is 0 Å². The van der Waals surface area contributed by atoms with E-state index in [9.17, 15) is 0 Å². The summed E-state index contributed by atoms with van der Waals surface area (Å²) in [6, 6.07) is 7.21. The van der Waals surface area contributed by atoms with E-state index in [2.05, 4.69) is 72.1 Å². The van der Waals surface area contributed by atoms with Crippen molar-refractivity contribution < 1.29 is 0 Å². The number of aryl methyl sites for hydroxylation is 1. The van der Waals surface area contributed by atoms with E-state index in [0.29, 0.717) is 6.04 Å². The summed E-state index contributed by atoms with van der Waals surface area (Å²) in [7, 11) is 0. The molecule has 4 atom stereocenters. The van der Waals surface area contributed by atoms with Gasteiger partial charge in [0.05, 0.1) is 0 Å². The summed E-state index contributed by atoms with van der Waals surface area (Å²) in [6.07, 6.45) is 7.63. The second-order valence-electron chi connectivity index (χ2n) is 5.84. The number of halogens is 1. The number of allylic oxidation sites excluding steroid dienone is 2. The molecule has 2 aliphatic rings. The van der Waals surface area contributed by atoms with Gasteiger partial charge in [-0.3, -0.25) is 0 Å². The zero-order valence-corrected chi connectivity index (χ0v) is 13.1. The molecule has 1 fully saturated rings. The van der Waals surface area contributed by atoms with Crippen LogP contribution in [-0.4, -0.2) is 6.04 Å². The third-order valence-corrected chi connectivity index (χ3v) is 5.23. The van der Waals surface area contributed by atoms with Gasteiger partial charge in [-0.05, 0) is 84.7 Å². The van der Waals surface area contributed by atoms with Gasteiger partial charge in [-0.1, -0.05) is 18.2 Å². The van der Waals surface area contributed by atoms with Crippen LogP contribution in [0.2, 0.25) is 0 Å². The Kier molecular flexibility index (Phi) is 3.39. The van der Waals surface area contributed by atoms with Crippen LogP contribution in [0.1, 0.15) is 25.3 Å². The highest BCUT2D eigenvalue weighted by Gasteiger charge is 2.38. The van der Waals surface area contributed by atoms with Crippen LogP contribution >= 0.6 is 22.6 Å². The van der Waals surface area contributed by atoms with Crippen LogP contribution in [0.3, 0.4) is 0 Å². The molecule has 1 aromatic rings. The number of hydrogen-bond donors (Lipinski definition) is 1. The van der Waals surface area contributed by atoms with Gasteiger partial charge in [0.25, 0.3) is 0 Å². The Morgan fingerprint density at radius 3 is 2.78 bits per heavy atom. The third-order valence-electron chi connectivity index (χ3n) is 4.56. The first-order valence-electron chi connectivity index (χ1n) is 6.84. The molecule has 1 saturated carbocycles. The Morgan fingerprint density at radius 1 is 1.28 bits per heavy atom.